The maximum atomic E-state index is 13.9. The number of benzene rings is 2. The molecule has 27 heavy (non-hydrogen) atoms. The van der Waals surface area contributed by atoms with Crippen LogP contribution in [0.5, 0.6) is 5.75 Å². The molecule has 1 saturated carbocycles. The lowest BCUT2D eigenvalue weighted by atomic mass is 9.96. The van der Waals surface area contributed by atoms with Crippen LogP contribution in [0.2, 0.25) is 0 Å². The second-order valence-electron chi connectivity index (χ2n) is 6.87. The maximum Gasteiger partial charge on any atom is 0.336 e. The van der Waals surface area contributed by atoms with Gasteiger partial charge in [0.05, 0.1) is 24.8 Å². The topological polar surface area (TPSA) is 71.7 Å². The largest absolute Gasteiger partial charge is 0.490 e. The highest BCUT2D eigenvalue weighted by Crippen LogP contribution is 2.31. The molecule has 1 aromatic heterocycles. The van der Waals surface area contributed by atoms with Crippen molar-refractivity contribution >= 4 is 16.9 Å². The second kappa shape index (κ2) is 7.04. The van der Waals surface area contributed by atoms with Gasteiger partial charge in [-0.1, -0.05) is 6.07 Å². The Kier molecular flexibility index (Phi) is 4.58. The van der Waals surface area contributed by atoms with Gasteiger partial charge in [-0.15, -0.1) is 0 Å². The Morgan fingerprint density at radius 2 is 2.04 bits per heavy atom. The van der Waals surface area contributed by atoms with Gasteiger partial charge in [0, 0.05) is 28.2 Å². The number of ether oxygens (including phenoxy) is 1. The van der Waals surface area contributed by atoms with Crippen LogP contribution in [-0.4, -0.2) is 26.9 Å². The number of carboxylic acid groups (broad SMARTS) is 1. The summed E-state index contributed by atoms with van der Waals surface area (Å²) in [6.07, 6.45) is 5.03. The Labute approximate surface area is 155 Å². The van der Waals surface area contributed by atoms with Gasteiger partial charge < -0.3 is 19.5 Å². The third-order valence-corrected chi connectivity index (χ3v) is 5.09. The molecule has 4 rings (SSSR count). The first-order valence-electron chi connectivity index (χ1n) is 8.97. The molecular weight excluding hydrogens is 349 g/mol. The molecule has 1 fully saturated rings. The summed E-state index contributed by atoms with van der Waals surface area (Å²) in [5.41, 5.74) is 2.03. The van der Waals surface area contributed by atoms with E-state index in [1.807, 2.05) is 4.57 Å². The molecule has 5 nitrogen and oxygen atoms in total. The Morgan fingerprint density at radius 3 is 2.70 bits per heavy atom. The highest BCUT2D eigenvalue weighted by molar-refractivity contribution is 6.04. The third-order valence-electron chi connectivity index (χ3n) is 5.09. The van der Waals surface area contributed by atoms with Crippen LogP contribution in [0.3, 0.4) is 0 Å². The molecule has 2 aromatic carbocycles. The first-order chi connectivity index (χ1) is 13.1. The monoisotopic (exact) mass is 369 g/mol. The van der Waals surface area contributed by atoms with Gasteiger partial charge in [-0.25, -0.2) is 9.18 Å². The van der Waals surface area contributed by atoms with Crippen LogP contribution in [0, 0.1) is 5.82 Å². The highest BCUT2D eigenvalue weighted by Gasteiger charge is 2.21. The summed E-state index contributed by atoms with van der Waals surface area (Å²) in [6, 6.07) is 9.45. The van der Waals surface area contributed by atoms with Crippen LogP contribution in [0.25, 0.3) is 10.9 Å². The molecule has 1 aliphatic carbocycles. The minimum absolute atomic E-state index is 0.139. The number of aromatic nitrogens is 1. The van der Waals surface area contributed by atoms with Crippen LogP contribution in [0.1, 0.15) is 40.7 Å². The smallest absolute Gasteiger partial charge is 0.336 e. The minimum Gasteiger partial charge on any atom is -0.490 e. The predicted molar refractivity (Wildman–Crippen MR) is 98.6 cm³/mol. The number of nitrogens with zero attached hydrogens (tertiary/aromatic N) is 1. The predicted octanol–water partition coefficient (Wildman–Crippen LogP) is 3.95. The second-order valence-corrected chi connectivity index (χ2v) is 6.87. The summed E-state index contributed by atoms with van der Waals surface area (Å²) in [5, 5.41) is 19.6. The molecule has 0 spiro atoms. The van der Waals surface area contributed by atoms with Crippen LogP contribution >= 0.6 is 0 Å². The molecule has 0 unspecified atom stereocenters. The minimum atomic E-state index is -1.05. The summed E-state index contributed by atoms with van der Waals surface area (Å²) >= 11 is 0. The Balaban J connectivity index is 1.77. The molecule has 0 saturated heterocycles. The van der Waals surface area contributed by atoms with Crippen molar-refractivity contribution in [3.63, 3.8) is 0 Å². The fraction of sp³-hybridized carbons (Fsp3) is 0.286. The van der Waals surface area contributed by atoms with E-state index in [4.69, 9.17) is 4.74 Å². The molecule has 0 aliphatic heterocycles. The summed E-state index contributed by atoms with van der Waals surface area (Å²) in [4.78, 5) is 11.5. The SMILES string of the molecule is O=C(O)c1cccc2c1c(CO)cn2Cc1cc(F)ccc1OC1CCC1. The van der Waals surface area contributed by atoms with Crippen LogP contribution in [0.4, 0.5) is 4.39 Å². The Bertz CT molecular complexity index is 1010. The molecule has 6 heteroatoms. The lowest BCUT2D eigenvalue weighted by Crippen LogP contribution is -2.25. The summed E-state index contributed by atoms with van der Waals surface area (Å²) < 4.78 is 21.7. The number of hydrogen-bond acceptors (Lipinski definition) is 3. The molecule has 1 heterocycles. The molecule has 0 amide bonds. The first-order valence-corrected chi connectivity index (χ1v) is 8.97. The molecule has 2 N–H and O–H groups in total. The van der Waals surface area contributed by atoms with Crippen molar-refractivity contribution in [1.29, 1.82) is 0 Å². The number of aliphatic hydroxyl groups excluding tert-OH is 1. The fourth-order valence-corrected chi connectivity index (χ4v) is 3.51. The van der Waals surface area contributed by atoms with Gasteiger partial charge in [-0.2, -0.15) is 0 Å². The molecular formula is C21H20FNO4. The van der Waals surface area contributed by atoms with Crippen LogP contribution < -0.4 is 4.74 Å². The summed E-state index contributed by atoms with van der Waals surface area (Å²) in [5.74, 6) is -0.758. The van der Waals surface area contributed by atoms with Crippen molar-refractivity contribution in [3.05, 3.63) is 65.1 Å². The van der Waals surface area contributed by atoms with E-state index in [1.54, 1.807) is 24.4 Å². The van der Waals surface area contributed by atoms with Crippen LogP contribution in [0.15, 0.2) is 42.6 Å². The van der Waals surface area contributed by atoms with E-state index in [9.17, 15) is 19.4 Å². The number of rotatable bonds is 6. The molecule has 1 aliphatic rings. The molecule has 0 radical (unpaired) electrons. The molecule has 0 atom stereocenters. The van der Waals surface area contributed by atoms with E-state index >= 15 is 0 Å². The van der Waals surface area contributed by atoms with Gasteiger partial charge in [-0.3, -0.25) is 0 Å². The maximum absolute atomic E-state index is 13.9. The molecule has 0 bridgehead atoms. The Morgan fingerprint density at radius 1 is 1.22 bits per heavy atom. The van der Waals surface area contributed by atoms with E-state index in [0.29, 0.717) is 34.3 Å². The van der Waals surface area contributed by atoms with Crippen molar-refractivity contribution in [2.24, 2.45) is 0 Å². The zero-order valence-corrected chi connectivity index (χ0v) is 14.7. The summed E-state index contributed by atoms with van der Waals surface area (Å²) in [6.45, 7) is 0.0434. The number of carboxylic acids is 1. The number of fused-ring (bicyclic) bond motifs is 1. The van der Waals surface area contributed by atoms with Crippen molar-refractivity contribution in [2.45, 2.75) is 38.5 Å². The Hall–Kier alpha value is -2.86. The van der Waals surface area contributed by atoms with Gasteiger partial charge in [0.1, 0.15) is 11.6 Å². The molecule has 3 aromatic rings. The number of aliphatic hydroxyl groups is 1. The van der Waals surface area contributed by atoms with E-state index in [0.717, 1.165) is 19.3 Å². The average Bonchev–Trinajstić information content (AvgIpc) is 2.97. The highest BCUT2D eigenvalue weighted by atomic mass is 19.1. The number of carbonyl (C=O) groups is 1. The van der Waals surface area contributed by atoms with E-state index in [1.165, 1.54) is 18.2 Å². The van der Waals surface area contributed by atoms with Gasteiger partial charge >= 0.3 is 5.97 Å². The standard InChI is InChI=1S/C21H20FNO4/c22-15-7-8-19(27-16-3-1-4-16)13(9-15)10-23-11-14(12-24)20-17(21(25)26)5-2-6-18(20)23/h2,5-9,11,16,24H,1,3-4,10,12H2,(H,25,26). The van der Waals surface area contributed by atoms with E-state index in [2.05, 4.69) is 0 Å². The van der Waals surface area contributed by atoms with Gasteiger partial charge in [0.2, 0.25) is 0 Å². The number of hydrogen-bond donors (Lipinski definition) is 2. The lowest BCUT2D eigenvalue weighted by Gasteiger charge is -2.27. The average molecular weight is 369 g/mol. The van der Waals surface area contributed by atoms with Crippen molar-refractivity contribution < 1.29 is 24.1 Å². The van der Waals surface area contributed by atoms with Gasteiger partial charge in [0.15, 0.2) is 0 Å². The van der Waals surface area contributed by atoms with Gasteiger partial charge in [0.25, 0.3) is 0 Å². The summed E-state index contributed by atoms with van der Waals surface area (Å²) in [7, 11) is 0. The normalized spacial score (nSPS) is 14.3. The van der Waals surface area contributed by atoms with Crippen molar-refractivity contribution in [1.82, 2.24) is 4.57 Å². The fourth-order valence-electron chi connectivity index (χ4n) is 3.51. The molecule has 140 valence electrons. The zero-order valence-electron chi connectivity index (χ0n) is 14.7. The van der Waals surface area contributed by atoms with Gasteiger partial charge in [-0.05, 0) is 49.6 Å². The number of aromatic carboxylic acids is 1. The van der Waals surface area contributed by atoms with Crippen molar-refractivity contribution in [3.8, 4) is 5.75 Å². The quantitative estimate of drug-likeness (QED) is 0.690. The number of halogens is 1. The van der Waals surface area contributed by atoms with E-state index in [-0.39, 0.29) is 24.1 Å². The van der Waals surface area contributed by atoms with Crippen LogP contribution in [-0.2, 0) is 13.2 Å². The van der Waals surface area contributed by atoms with Crippen molar-refractivity contribution in [2.75, 3.05) is 0 Å². The van der Waals surface area contributed by atoms with E-state index < -0.39 is 5.97 Å². The lowest BCUT2D eigenvalue weighted by molar-refractivity contribution is 0.0699. The first kappa shape index (κ1) is 17.5. The third kappa shape index (κ3) is 3.28. The zero-order chi connectivity index (χ0) is 19.0.